The number of nitrogens with one attached hydrogen (secondary N) is 2. The molecular formula is C20H21N3O. The third-order valence-electron chi connectivity index (χ3n) is 4.84. The molecule has 2 N–H and O–H groups in total. The van der Waals surface area contributed by atoms with Crippen molar-refractivity contribution in [1.82, 2.24) is 0 Å². The Labute approximate surface area is 142 Å². The summed E-state index contributed by atoms with van der Waals surface area (Å²) in [5.41, 5.74) is 7.76. The van der Waals surface area contributed by atoms with Gasteiger partial charge in [0.2, 0.25) is 5.91 Å². The summed E-state index contributed by atoms with van der Waals surface area (Å²) in [6.07, 6.45) is 1.36. The topological polar surface area (TPSA) is 44.4 Å². The number of carbonyl (C=O) groups is 1. The van der Waals surface area contributed by atoms with Gasteiger partial charge in [0.25, 0.3) is 0 Å². The fourth-order valence-corrected chi connectivity index (χ4v) is 3.56. The maximum atomic E-state index is 12.0. The van der Waals surface area contributed by atoms with Crippen molar-refractivity contribution in [3.8, 4) is 11.1 Å². The number of hydrogen-bond donors (Lipinski definition) is 2. The summed E-state index contributed by atoms with van der Waals surface area (Å²) in [5.74, 6) is 0.0535. The normalized spacial score (nSPS) is 19.2. The van der Waals surface area contributed by atoms with Gasteiger partial charge in [-0.1, -0.05) is 24.8 Å². The number of benzene rings is 2. The van der Waals surface area contributed by atoms with Crippen molar-refractivity contribution in [2.24, 2.45) is 0 Å². The summed E-state index contributed by atoms with van der Waals surface area (Å²) >= 11 is 0. The molecule has 4 rings (SSSR count). The monoisotopic (exact) mass is 319 g/mol. The number of para-hydroxylation sites is 1. The van der Waals surface area contributed by atoms with E-state index < -0.39 is 0 Å². The zero-order valence-electron chi connectivity index (χ0n) is 14.0. The van der Waals surface area contributed by atoms with Crippen LogP contribution in [0, 0.1) is 0 Å². The van der Waals surface area contributed by atoms with E-state index in [0.29, 0.717) is 6.42 Å². The van der Waals surface area contributed by atoms with E-state index >= 15 is 0 Å². The maximum Gasteiger partial charge on any atom is 0.226 e. The van der Waals surface area contributed by atoms with Crippen LogP contribution in [-0.2, 0) is 11.2 Å². The van der Waals surface area contributed by atoms with Gasteiger partial charge in [0.15, 0.2) is 0 Å². The number of rotatable bonds is 1. The molecule has 24 heavy (non-hydrogen) atoms. The largest absolute Gasteiger partial charge is 0.380 e. The molecule has 0 bridgehead atoms. The number of fused-ring (bicyclic) bond motifs is 2. The number of nitrogens with zero attached hydrogens (tertiary/aromatic N) is 1. The second-order valence-electron chi connectivity index (χ2n) is 6.67. The van der Waals surface area contributed by atoms with Crippen molar-refractivity contribution in [3.63, 3.8) is 0 Å². The number of allylic oxidation sites excluding steroid dienone is 1. The molecule has 0 aromatic heterocycles. The van der Waals surface area contributed by atoms with E-state index in [0.717, 1.165) is 34.6 Å². The summed E-state index contributed by atoms with van der Waals surface area (Å²) in [4.78, 5) is 14.1. The number of carbonyl (C=O) groups excluding carboxylic acids is 1. The smallest absolute Gasteiger partial charge is 0.226 e. The van der Waals surface area contributed by atoms with Gasteiger partial charge in [-0.2, -0.15) is 0 Å². The highest BCUT2D eigenvalue weighted by Gasteiger charge is 2.23. The molecule has 2 aromatic carbocycles. The fourth-order valence-electron chi connectivity index (χ4n) is 3.56. The number of amides is 1. The third-order valence-corrected chi connectivity index (χ3v) is 4.84. The molecule has 0 aliphatic carbocycles. The van der Waals surface area contributed by atoms with Crippen LogP contribution in [0.1, 0.15) is 18.9 Å². The van der Waals surface area contributed by atoms with Crippen LogP contribution in [0.3, 0.4) is 0 Å². The first-order valence-corrected chi connectivity index (χ1v) is 8.27. The molecule has 1 atom stereocenters. The second-order valence-corrected chi connectivity index (χ2v) is 6.67. The number of hydrogen-bond acceptors (Lipinski definition) is 3. The molecule has 0 unspecified atom stereocenters. The molecule has 0 saturated carbocycles. The van der Waals surface area contributed by atoms with E-state index in [1.165, 1.54) is 11.3 Å². The predicted molar refractivity (Wildman–Crippen MR) is 99.5 cm³/mol. The van der Waals surface area contributed by atoms with Crippen LogP contribution in [0.25, 0.3) is 11.1 Å². The number of likely N-dealkylation sites (N-methyl/N-ethyl adjacent to an activating group) is 1. The van der Waals surface area contributed by atoms with Crippen LogP contribution >= 0.6 is 0 Å². The quantitative estimate of drug-likeness (QED) is 0.835. The molecule has 1 amide bonds. The Morgan fingerprint density at radius 3 is 2.92 bits per heavy atom. The Morgan fingerprint density at radius 1 is 1.25 bits per heavy atom. The van der Waals surface area contributed by atoms with Crippen LogP contribution in [0.15, 0.2) is 48.7 Å². The maximum absolute atomic E-state index is 12.0. The molecule has 0 fully saturated rings. The van der Waals surface area contributed by atoms with E-state index in [-0.39, 0.29) is 11.9 Å². The lowest BCUT2D eigenvalue weighted by Crippen LogP contribution is -2.19. The highest BCUT2D eigenvalue weighted by molar-refractivity contribution is 6.00. The minimum absolute atomic E-state index is 0.0535. The highest BCUT2D eigenvalue weighted by Crippen LogP contribution is 2.40. The van der Waals surface area contributed by atoms with Gasteiger partial charge in [-0.15, -0.1) is 0 Å². The fraction of sp³-hybridized carbons (Fsp3) is 0.250. The lowest BCUT2D eigenvalue weighted by molar-refractivity contribution is -0.116. The molecule has 0 radical (unpaired) electrons. The summed E-state index contributed by atoms with van der Waals surface area (Å²) in [7, 11) is 2.06. The van der Waals surface area contributed by atoms with Crippen molar-refractivity contribution in [1.29, 1.82) is 0 Å². The summed E-state index contributed by atoms with van der Waals surface area (Å²) in [6.45, 7) is 6.15. The Bertz CT molecular complexity index is 856. The third kappa shape index (κ3) is 2.35. The van der Waals surface area contributed by atoms with Crippen molar-refractivity contribution in [3.05, 3.63) is 54.2 Å². The van der Waals surface area contributed by atoms with Crippen molar-refractivity contribution in [2.75, 3.05) is 22.6 Å². The predicted octanol–water partition coefficient (Wildman–Crippen LogP) is 4.00. The molecule has 2 aliphatic heterocycles. The van der Waals surface area contributed by atoms with Gasteiger partial charge in [0.05, 0.1) is 11.4 Å². The lowest BCUT2D eigenvalue weighted by Gasteiger charge is -2.18. The van der Waals surface area contributed by atoms with Gasteiger partial charge >= 0.3 is 0 Å². The average molecular weight is 319 g/mol. The van der Waals surface area contributed by atoms with Gasteiger partial charge in [-0.05, 0) is 36.2 Å². The van der Waals surface area contributed by atoms with Gasteiger partial charge in [0.1, 0.15) is 0 Å². The standard InChI is InChI=1S/C20H21N3O/c1-12-9-19(24)22-17-6-4-5-16(20(17)21-12)14-7-8-18-15(11-14)10-13(2)23(18)3/h4-8,11-12,21H,2,9-10H2,1,3H3,(H,22,24)/t12-/m1/s1. The van der Waals surface area contributed by atoms with Crippen LogP contribution in [0.4, 0.5) is 17.1 Å². The molecule has 2 aliphatic rings. The Balaban J connectivity index is 1.82. The first-order valence-electron chi connectivity index (χ1n) is 8.27. The summed E-state index contributed by atoms with van der Waals surface area (Å²) in [6, 6.07) is 12.7. The van der Waals surface area contributed by atoms with Gasteiger partial charge in [-0.25, -0.2) is 0 Å². The van der Waals surface area contributed by atoms with Crippen molar-refractivity contribution < 1.29 is 4.79 Å². The van der Waals surface area contributed by atoms with Gasteiger partial charge < -0.3 is 15.5 Å². The van der Waals surface area contributed by atoms with E-state index in [4.69, 9.17) is 0 Å². The van der Waals surface area contributed by atoms with Crippen molar-refractivity contribution in [2.45, 2.75) is 25.8 Å². The van der Waals surface area contributed by atoms with Crippen LogP contribution in [-0.4, -0.2) is 19.0 Å². The van der Waals surface area contributed by atoms with E-state index in [1.54, 1.807) is 0 Å². The SMILES string of the molecule is C=C1Cc2cc(-c3cccc4c3N[C@H](C)CC(=O)N4)ccc2N1C. The van der Waals surface area contributed by atoms with Crippen LogP contribution < -0.4 is 15.5 Å². The van der Waals surface area contributed by atoms with Gasteiger partial charge in [-0.3, -0.25) is 4.79 Å². The average Bonchev–Trinajstić information content (AvgIpc) is 2.72. The zero-order valence-corrected chi connectivity index (χ0v) is 14.0. The molecule has 0 saturated heterocycles. The summed E-state index contributed by atoms with van der Waals surface area (Å²) in [5, 5.41) is 6.50. The molecular weight excluding hydrogens is 298 g/mol. The first kappa shape index (κ1) is 14.8. The lowest BCUT2D eigenvalue weighted by atomic mass is 9.99. The molecule has 2 heterocycles. The zero-order chi connectivity index (χ0) is 16.8. The Morgan fingerprint density at radius 2 is 2.08 bits per heavy atom. The van der Waals surface area contributed by atoms with Crippen LogP contribution in [0.5, 0.6) is 0 Å². The van der Waals surface area contributed by atoms with E-state index in [2.05, 4.69) is 53.4 Å². The van der Waals surface area contributed by atoms with E-state index in [9.17, 15) is 4.79 Å². The molecule has 2 aromatic rings. The first-order chi connectivity index (χ1) is 11.5. The second kappa shape index (κ2) is 5.41. The number of anilines is 3. The highest BCUT2D eigenvalue weighted by atomic mass is 16.1. The molecule has 122 valence electrons. The van der Waals surface area contributed by atoms with Gasteiger partial charge in [0, 0.05) is 42.9 Å². The van der Waals surface area contributed by atoms with Crippen molar-refractivity contribution >= 4 is 23.0 Å². The minimum Gasteiger partial charge on any atom is -0.380 e. The molecule has 4 heteroatoms. The molecule has 0 spiro atoms. The van der Waals surface area contributed by atoms with E-state index in [1.807, 2.05) is 19.1 Å². The Hall–Kier alpha value is -2.75. The minimum atomic E-state index is 0.0535. The van der Waals surface area contributed by atoms with Crippen LogP contribution in [0.2, 0.25) is 0 Å². The Kier molecular flexibility index (Phi) is 3.34. The molecule has 4 nitrogen and oxygen atoms in total. The summed E-state index contributed by atoms with van der Waals surface area (Å²) < 4.78 is 0.